The minimum atomic E-state index is -3.82. The van der Waals surface area contributed by atoms with E-state index in [-0.39, 0.29) is 34.6 Å². The van der Waals surface area contributed by atoms with E-state index in [0.717, 1.165) is 12.8 Å². The molecule has 1 saturated carbocycles. The second kappa shape index (κ2) is 8.74. The van der Waals surface area contributed by atoms with Gasteiger partial charge in [0.2, 0.25) is 10.0 Å². The third-order valence-electron chi connectivity index (χ3n) is 4.75. The number of carbonyl (C=O) groups excluding carboxylic acids is 1. The van der Waals surface area contributed by atoms with Gasteiger partial charge < -0.3 is 9.30 Å². The summed E-state index contributed by atoms with van der Waals surface area (Å²) < 4.78 is 48.7. The predicted molar refractivity (Wildman–Crippen MR) is 114 cm³/mol. The highest BCUT2D eigenvalue weighted by Gasteiger charge is 2.30. The molecular formula is C21H20FN3O4S2. The highest BCUT2D eigenvalue weighted by molar-refractivity contribution is 7.89. The first-order chi connectivity index (χ1) is 14.9. The highest BCUT2D eigenvalue weighted by atomic mass is 32.2. The summed E-state index contributed by atoms with van der Waals surface area (Å²) in [7, 11) is -2.45. The van der Waals surface area contributed by atoms with Crippen LogP contribution in [0.3, 0.4) is 0 Å². The fourth-order valence-corrected chi connectivity index (χ4v) is 5.20. The fourth-order valence-electron chi connectivity index (χ4n) is 2.97. The summed E-state index contributed by atoms with van der Waals surface area (Å²) >= 11 is 1.23. The Balaban J connectivity index is 1.65. The number of ether oxygens (including phenoxy) is 1. The number of methoxy groups -OCH3 is 1. The molecule has 1 amide bonds. The van der Waals surface area contributed by atoms with Crippen molar-refractivity contribution < 1.29 is 22.3 Å². The van der Waals surface area contributed by atoms with Crippen LogP contribution in [-0.4, -0.2) is 32.0 Å². The summed E-state index contributed by atoms with van der Waals surface area (Å²) in [5.41, 5.74) is 0.585. The van der Waals surface area contributed by atoms with Gasteiger partial charge in [0.05, 0.1) is 13.7 Å². The van der Waals surface area contributed by atoms with Crippen LogP contribution in [0.15, 0.2) is 63.9 Å². The smallest absolute Gasteiger partial charge is 0.279 e. The quantitative estimate of drug-likeness (QED) is 0.586. The molecule has 1 aliphatic carbocycles. The van der Waals surface area contributed by atoms with E-state index >= 15 is 0 Å². The van der Waals surface area contributed by atoms with Crippen LogP contribution in [0.4, 0.5) is 4.39 Å². The minimum absolute atomic E-state index is 0.0813. The number of carbonyl (C=O) groups is 1. The zero-order valence-corrected chi connectivity index (χ0v) is 18.2. The van der Waals surface area contributed by atoms with Crippen molar-refractivity contribution in [3.63, 3.8) is 0 Å². The van der Waals surface area contributed by atoms with Gasteiger partial charge in [0.25, 0.3) is 5.91 Å². The second-order valence-corrected chi connectivity index (χ2v) is 9.64. The number of amides is 1. The van der Waals surface area contributed by atoms with Crippen molar-refractivity contribution in [1.29, 1.82) is 0 Å². The van der Waals surface area contributed by atoms with E-state index in [1.165, 1.54) is 42.7 Å². The van der Waals surface area contributed by atoms with Gasteiger partial charge in [0.15, 0.2) is 4.80 Å². The van der Waals surface area contributed by atoms with Crippen LogP contribution >= 0.6 is 11.3 Å². The summed E-state index contributed by atoms with van der Waals surface area (Å²) in [6.07, 6.45) is 3.29. The van der Waals surface area contributed by atoms with Crippen LogP contribution in [0.5, 0.6) is 5.75 Å². The summed E-state index contributed by atoms with van der Waals surface area (Å²) in [5.74, 6) is -0.794. The maximum atomic E-state index is 14.0. The molecule has 7 nitrogen and oxygen atoms in total. The number of nitrogens with zero attached hydrogens (tertiary/aromatic N) is 2. The van der Waals surface area contributed by atoms with Crippen molar-refractivity contribution >= 4 is 27.3 Å². The molecule has 0 radical (unpaired) electrons. The molecule has 0 saturated heterocycles. The van der Waals surface area contributed by atoms with Gasteiger partial charge in [-0.2, -0.15) is 4.99 Å². The van der Waals surface area contributed by atoms with Gasteiger partial charge in [-0.05, 0) is 37.1 Å². The number of benzene rings is 2. The van der Waals surface area contributed by atoms with Gasteiger partial charge in [-0.3, -0.25) is 4.79 Å². The number of thiazole rings is 1. The summed E-state index contributed by atoms with van der Waals surface area (Å²) in [5, 5.41) is 1.75. The summed E-state index contributed by atoms with van der Waals surface area (Å²) in [6.45, 7) is 0.218. The molecule has 1 aromatic heterocycles. The predicted octanol–water partition coefficient (Wildman–Crippen LogP) is 2.93. The molecule has 0 spiro atoms. The van der Waals surface area contributed by atoms with E-state index in [2.05, 4.69) is 9.71 Å². The fraction of sp³-hybridized carbons (Fsp3) is 0.238. The molecule has 0 aliphatic heterocycles. The molecule has 0 atom stereocenters. The molecule has 1 heterocycles. The number of hydrogen-bond donors (Lipinski definition) is 1. The van der Waals surface area contributed by atoms with Gasteiger partial charge in [-0.25, -0.2) is 17.5 Å². The first-order valence-corrected chi connectivity index (χ1v) is 11.9. The molecular weight excluding hydrogens is 441 g/mol. The van der Waals surface area contributed by atoms with Crippen LogP contribution in [-0.2, 0) is 16.6 Å². The molecule has 2 aromatic carbocycles. The van der Waals surface area contributed by atoms with Crippen LogP contribution in [0.25, 0.3) is 0 Å². The van der Waals surface area contributed by atoms with Crippen molar-refractivity contribution in [2.45, 2.75) is 30.3 Å². The van der Waals surface area contributed by atoms with Crippen molar-refractivity contribution in [2.75, 3.05) is 7.11 Å². The maximum Gasteiger partial charge on any atom is 0.279 e. The van der Waals surface area contributed by atoms with Crippen molar-refractivity contribution in [1.82, 2.24) is 9.29 Å². The zero-order chi connectivity index (χ0) is 22.0. The highest BCUT2D eigenvalue weighted by Crippen LogP contribution is 2.28. The number of rotatable bonds is 7. The van der Waals surface area contributed by atoms with E-state index in [9.17, 15) is 17.6 Å². The molecule has 1 N–H and O–H groups in total. The average Bonchev–Trinajstić information content (AvgIpc) is 3.45. The first-order valence-electron chi connectivity index (χ1n) is 9.54. The Hall–Kier alpha value is -2.82. The van der Waals surface area contributed by atoms with Gasteiger partial charge >= 0.3 is 0 Å². The second-order valence-electron chi connectivity index (χ2n) is 7.08. The number of aromatic nitrogens is 1. The molecule has 3 aromatic rings. The van der Waals surface area contributed by atoms with Crippen molar-refractivity contribution in [3.05, 3.63) is 75.8 Å². The van der Waals surface area contributed by atoms with Crippen LogP contribution in [0, 0.1) is 5.82 Å². The van der Waals surface area contributed by atoms with E-state index < -0.39 is 15.9 Å². The van der Waals surface area contributed by atoms with E-state index in [1.54, 1.807) is 34.3 Å². The Morgan fingerprint density at radius 3 is 2.77 bits per heavy atom. The molecule has 31 heavy (non-hydrogen) atoms. The van der Waals surface area contributed by atoms with Crippen LogP contribution < -0.4 is 14.3 Å². The lowest BCUT2D eigenvalue weighted by Crippen LogP contribution is -2.26. The molecule has 1 fully saturated rings. The molecule has 4 rings (SSSR count). The zero-order valence-electron chi connectivity index (χ0n) is 16.6. The Kier molecular flexibility index (Phi) is 6.03. The van der Waals surface area contributed by atoms with E-state index in [0.29, 0.717) is 10.4 Å². The van der Waals surface area contributed by atoms with Crippen LogP contribution in [0.1, 0.15) is 28.8 Å². The topological polar surface area (TPSA) is 89.8 Å². The molecule has 0 unspecified atom stereocenters. The van der Waals surface area contributed by atoms with Crippen LogP contribution in [0.2, 0.25) is 0 Å². The van der Waals surface area contributed by atoms with Gasteiger partial charge in [-0.15, -0.1) is 11.3 Å². The Morgan fingerprint density at radius 1 is 1.29 bits per heavy atom. The standard InChI is InChI=1S/C21H20FN3O4S2/c1-29-18-9-6-14(12-19(18)31(27,28)24-16-7-8-16)20(26)23-21-25(10-11-30-21)13-15-4-2-3-5-17(15)22/h2-6,9-12,16,24H,7-8,13H2,1H3. The third-order valence-corrected chi connectivity index (χ3v) is 7.09. The minimum Gasteiger partial charge on any atom is -0.495 e. The number of nitrogens with one attached hydrogen (secondary N) is 1. The summed E-state index contributed by atoms with van der Waals surface area (Å²) in [6, 6.07) is 10.5. The largest absolute Gasteiger partial charge is 0.495 e. The lowest BCUT2D eigenvalue weighted by molar-refractivity contribution is 0.0997. The van der Waals surface area contributed by atoms with E-state index in [1.807, 2.05) is 0 Å². The van der Waals surface area contributed by atoms with E-state index in [4.69, 9.17) is 4.74 Å². The maximum absolute atomic E-state index is 14.0. The first kappa shape index (κ1) is 21.4. The lowest BCUT2D eigenvalue weighted by atomic mass is 10.2. The summed E-state index contributed by atoms with van der Waals surface area (Å²) in [4.78, 5) is 17.2. The van der Waals surface area contributed by atoms with Crippen molar-refractivity contribution in [3.8, 4) is 5.75 Å². The Morgan fingerprint density at radius 2 is 2.06 bits per heavy atom. The average molecular weight is 462 g/mol. The normalized spacial score (nSPS) is 14.6. The van der Waals surface area contributed by atoms with Crippen molar-refractivity contribution in [2.24, 2.45) is 4.99 Å². The number of sulfonamides is 1. The SMILES string of the molecule is COc1ccc(C(=O)N=c2sccn2Cc2ccccc2F)cc1S(=O)(=O)NC1CC1. The van der Waals surface area contributed by atoms with Gasteiger partial charge in [-0.1, -0.05) is 18.2 Å². The molecule has 10 heteroatoms. The third kappa shape index (κ3) is 4.92. The Bertz CT molecular complexity index is 1290. The molecule has 0 bridgehead atoms. The monoisotopic (exact) mass is 461 g/mol. The van der Waals surface area contributed by atoms with Gasteiger partial charge in [0, 0.05) is 28.7 Å². The Labute approximate surface area is 182 Å². The van der Waals surface area contributed by atoms with Gasteiger partial charge in [0.1, 0.15) is 16.5 Å². The molecule has 162 valence electrons. The number of halogens is 1. The lowest BCUT2D eigenvalue weighted by Gasteiger charge is -2.11. The molecule has 1 aliphatic rings. The number of hydrogen-bond acceptors (Lipinski definition) is 5.